The third kappa shape index (κ3) is 2.97. The van der Waals surface area contributed by atoms with Gasteiger partial charge in [-0.25, -0.2) is 0 Å². The summed E-state index contributed by atoms with van der Waals surface area (Å²) in [6.45, 7) is 2.30. The van der Waals surface area contributed by atoms with Gasteiger partial charge >= 0.3 is 0 Å². The second-order valence-corrected chi connectivity index (χ2v) is 5.43. The minimum atomic E-state index is -0.353. The molecule has 0 bridgehead atoms. The van der Waals surface area contributed by atoms with E-state index in [9.17, 15) is 4.79 Å². The predicted molar refractivity (Wildman–Crippen MR) is 98.3 cm³/mol. The van der Waals surface area contributed by atoms with Gasteiger partial charge < -0.3 is 20.5 Å². The lowest BCUT2D eigenvalue weighted by molar-refractivity contribution is 0.0951. The van der Waals surface area contributed by atoms with Crippen molar-refractivity contribution in [1.29, 1.82) is 0 Å². The van der Waals surface area contributed by atoms with Crippen molar-refractivity contribution in [2.45, 2.75) is 6.92 Å². The fourth-order valence-corrected chi connectivity index (χ4v) is 2.68. The number of methoxy groups -OCH3 is 2. The summed E-state index contributed by atoms with van der Waals surface area (Å²) >= 11 is 0. The van der Waals surface area contributed by atoms with Crippen molar-refractivity contribution in [3.05, 3.63) is 36.0 Å². The predicted octanol–water partition coefficient (Wildman–Crippen LogP) is 2.04. The zero-order valence-corrected chi connectivity index (χ0v) is 14.7. The first-order valence-corrected chi connectivity index (χ1v) is 8.03. The number of ether oxygens (including phenoxy) is 2. The van der Waals surface area contributed by atoms with Gasteiger partial charge in [-0.3, -0.25) is 4.79 Å². The summed E-state index contributed by atoms with van der Waals surface area (Å²) in [5, 5.41) is 11.6. The van der Waals surface area contributed by atoms with Crippen molar-refractivity contribution in [3.63, 3.8) is 0 Å². The zero-order valence-electron chi connectivity index (χ0n) is 14.7. The van der Waals surface area contributed by atoms with Gasteiger partial charge in [0.15, 0.2) is 5.69 Å². The molecule has 3 rings (SSSR count). The molecule has 0 fully saturated rings. The largest absolute Gasteiger partial charge is 0.481 e. The molecular formula is C18H19N5O3. The molecule has 0 aliphatic rings. The highest BCUT2D eigenvalue weighted by molar-refractivity contribution is 6.07. The number of hydrogen-bond donors (Lipinski definition) is 2. The summed E-state index contributed by atoms with van der Waals surface area (Å²) in [6.07, 6.45) is 0. The van der Waals surface area contributed by atoms with Crippen LogP contribution in [0.15, 0.2) is 30.3 Å². The van der Waals surface area contributed by atoms with E-state index in [1.807, 2.05) is 25.1 Å². The molecule has 134 valence electrons. The molecule has 2 heterocycles. The molecule has 0 spiro atoms. The van der Waals surface area contributed by atoms with Crippen LogP contribution in [0.5, 0.6) is 11.8 Å². The van der Waals surface area contributed by atoms with Crippen molar-refractivity contribution in [2.24, 2.45) is 0 Å². The van der Waals surface area contributed by atoms with Gasteiger partial charge in [0, 0.05) is 29.1 Å². The molecule has 26 heavy (non-hydrogen) atoms. The number of fused-ring (bicyclic) bond motifs is 1. The van der Waals surface area contributed by atoms with Crippen LogP contribution < -0.4 is 20.5 Å². The lowest BCUT2D eigenvalue weighted by Crippen LogP contribution is -2.25. The number of pyridine rings is 1. The number of amides is 1. The first-order valence-electron chi connectivity index (χ1n) is 8.03. The summed E-state index contributed by atoms with van der Waals surface area (Å²) in [7, 11) is 3.07. The summed E-state index contributed by atoms with van der Waals surface area (Å²) in [4.78, 5) is 16.4. The molecule has 8 heteroatoms. The molecule has 8 nitrogen and oxygen atoms in total. The normalized spacial score (nSPS) is 10.6. The Labute approximate surface area is 150 Å². The first kappa shape index (κ1) is 17.4. The molecule has 1 amide bonds. The molecular weight excluding hydrogens is 334 g/mol. The minimum Gasteiger partial charge on any atom is -0.481 e. The van der Waals surface area contributed by atoms with Crippen LogP contribution in [0.3, 0.4) is 0 Å². The smallest absolute Gasteiger partial charge is 0.273 e. The van der Waals surface area contributed by atoms with Crippen LogP contribution in [-0.4, -0.2) is 41.9 Å². The highest BCUT2D eigenvalue weighted by Gasteiger charge is 2.18. The van der Waals surface area contributed by atoms with E-state index < -0.39 is 0 Å². The fraction of sp³-hybridized carbons (Fsp3) is 0.222. The molecule has 1 aromatic carbocycles. The molecule has 0 radical (unpaired) electrons. The molecule has 3 aromatic rings. The van der Waals surface area contributed by atoms with E-state index in [1.165, 1.54) is 14.2 Å². The molecule has 0 atom stereocenters. The van der Waals surface area contributed by atoms with Crippen molar-refractivity contribution in [2.75, 3.05) is 26.5 Å². The molecule has 0 saturated heterocycles. The maximum Gasteiger partial charge on any atom is 0.273 e. The number of nitrogens with one attached hydrogen (secondary N) is 1. The molecule has 2 aromatic heterocycles. The highest BCUT2D eigenvalue weighted by atomic mass is 16.5. The third-order valence-corrected chi connectivity index (χ3v) is 3.91. The average Bonchev–Trinajstić information content (AvgIpc) is 2.67. The highest BCUT2D eigenvalue weighted by Crippen LogP contribution is 2.35. The molecule has 0 unspecified atom stereocenters. The van der Waals surface area contributed by atoms with Crippen LogP contribution in [0, 0.1) is 0 Å². The molecule has 0 aliphatic carbocycles. The van der Waals surface area contributed by atoms with Crippen LogP contribution in [0.25, 0.3) is 22.0 Å². The number of rotatable bonds is 5. The van der Waals surface area contributed by atoms with E-state index in [0.29, 0.717) is 29.2 Å². The van der Waals surface area contributed by atoms with E-state index in [2.05, 4.69) is 20.5 Å². The van der Waals surface area contributed by atoms with E-state index in [-0.39, 0.29) is 17.3 Å². The number of aromatic nitrogens is 3. The number of carbonyl (C=O) groups is 1. The van der Waals surface area contributed by atoms with Crippen molar-refractivity contribution in [1.82, 2.24) is 20.5 Å². The Morgan fingerprint density at radius 1 is 1.12 bits per heavy atom. The molecule has 3 N–H and O–H groups in total. The molecule has 0 saturated carbocycles. The zero-order chi connectivity index (χ0) is 18.7. The van der Waals surface area contributed by atoms with Crippen molar-refractivity contribution >= 4 is 22.5 Å². The SMILES string of the molecule is CCNC(=O)c1nnc2c(-c3ccc(OC)nc3OC)cccc2c1N. The number of nitrogens with two attached hydrogens (primary N) is 1. The summed E-state index contributed by atoms with van der Waals surface area (Å²) in [5.41, 5.74) is 8.60. The van der Waals surface area contributed by atoms with Crippen LogP contribution in [0.4, 0.5) is 5.69 Å². The summed E-state index contributed by atoms with van der Waals surface area (Å²) in [5.74, 6) is 0.480. The Balaban J connectivity index is 2.20. The van der Waals surface area contributed by atoms with Crippen LogP contribution in [-0.2, 0) is 0 Å². The van der Waals surface area contributed by atoms with Gasteiger partial charge in [-0.05, 0) is 13.0 Å². The van der Waals surface area contributed by atoms with E-state index >= 15 is 0 Å². The number of anilines is 1. The Bertz CT molecular complexity index is 974. The Morgan fingerprint density at radius 3 is 2.62 bits per heavy atom. The number of nitrogen functional groups attached to an aromatic ring is 1. The van der Waals surface area contributed by atoms with Gasteiger partial charge in [0.2, 0.25) is 11.8 Å². The number of carbonyl (C=O) groups excluding carboxylic acids is 1. The minimum absolute atomic E-state index is 0.108. The van der Waals surface area contributed by atoms with Crippen LogP contribution in [0.1, 0.15) is 17.4 Å². The van der Waals surface area contributed by atoms with Crippen molar-refractivity contribution in [3.8, 4) is 22.9 Å². The molecule has 0 aliphatic heterocycles. The fourth-order valence-electron chi connectivity index (χ4n) is 2.68. The van der Waals surface area contributed by atoms with Crippen LogP contribution >= 0.6 is 0 Å². The van der Waals surface area contributed by atoms with Gasteiger partial charge in [0.25, 0.3) is 5.91 Å². The number of nitrogens with zero attached hydrogens (tertiary/aromatic N) is 3. The summed E-state index contributed by atoms with van der Waals surface area (Å²) < 4.78 is 10.5. The first-order chi connectivity index (χ1) is 12.6. The third-order valence-electron chi connectivity index (χ3n) is 3.91. The Morgan fingerprint density at radius 2 is 1.92 bits per heavy atom. The van der Waals surface area contributed by atoms with E-state index in [0.717, 1.165) is 11.1 Å². The quantitative estimate of drug-likeness (QED) is 0.722. The lowest BCUT2D eigenvalue weighted by atomic mass is 10.0. The van der Waals surface area contributed by atoms with Gasteiger partial charge in [0.1, 0.15) is 5.52 Å². The van der Waals surface area contributed by atoms with Gasteiger partial charge in [-0.1, -0.05) is 18.2 Å². The topological polar surface area (TPSA) is 112 Å². The van der Waals surface area contributed by atoms with Crippen molar-refractivity contribution < 1.29 is 14.3 Å². The Hall–Kier alpha value is -3.42. The number of hydrogen-bond acceptors (Lipinski definition) is 7. The van der Waals surface area contributed by atoms with Gasteiger partial charge in [0.05, 0.1) is 19.9 Å². The summed E-state index contributed by atoms with van der Waals surface area (Å²) in [6, 6.07) is 9.07. The average molecular weight is 353 g/mol. The Kier molecular flexibility index (Phi) is 4.83. The van der Waals surface area contributed by atoms with Crippen LogP contribution in [0.2, 0.25) is 0 Å². The van der Waals surface area contributed by atoms with Gasteiger partial charge in [-0.2, -0.15) is 4.98 Å². The number of benzene rings is 1. The monoisotopic (exact) mass is 353 g/mol. The van der Waals surface area contributed by atoms with E-state index in [1.54, 1.807) is 12.1 Å². The lowest BCUT2D eigenvalue weighted by Gasteiger charge is -2.12. The van der Waals surface area contributed by atoms with E-state index in [4.69, 9.17) is 15.2 Å². The second kappa shape index (κ2) is 7.22. The van der Waals surface area contributed by atoms with Gasteiger partial charge in [-0.15, -0.1) is 10.2 Å². The maximum atomic E-state index is 12.1. The standard InChI is InChI=1S/C18H19N5O3/c1-4-20-17(24)16-14(19)12-7-5-6-10(15(12)22-23-16)11-8-9-13(25-2)21-18(11)26-3/h5-9H,4H2,1-3H3,(H2,19,22)(H,20,24). The second-order valence-electron chi connectivity index (χ2n) is 5.43. The maximum absolute atomic E-state index is 12.1.